The second-order valence-electron chi connectivity index (χ2n) is 4.76. The van der Waals surface area contributed by atoms with Crippen molar-refractivity contribution in [2.45, 2.75) is 18.6 Å². The molecule has 1 heterocycles. The second kappa shape index (κ2) is 4.83. The van der Waals surface area contributed by atoms with Crippen molar-refractivity contribution in [3.8, 4) is 5.75 Å². The molecule has 0 spiro atoms. The van der Waals surface area contributed by atoms with Gasteiger partial charge in [-0.25, -0.2) is 13.2 Å². The summed E-state index contributed by atoms with van der Waals surface area (Å²) in [5, 5.41) is 0. The zero-order valence-corrected chi connectivity index (χ0v) is 10.4. The van der Waals surface area contributed by atoms with E-state index in [1.807, 2.05) is 18.2 Å². The molecule has 2 N–H and O–H groups in total. The molecule has 0 bridgehead atoms. The molecule has 0 saturated heterocycles. The quantitative estimate of drug-likeness (QED) is 0.857. The monoisotopic (exact) mass is 279 g/mol. The van der Waals surface area contributed by atoms with E-state index in [2.05, 4.69) is 0 Å². The minimum Gasteiger partial charge on any atom is -0.488 e. The van der Waals surface area contributed by atoms with Crippen LogP contribution in [0.3, 0.4) is 0 Å². The number of para-hydroxylation sites is 1. The lowest BCUT2D eigenvalue weighted by atomic mass is 9.98. The summed E-state index contributed by atoms with van der Waals surface area (Å²) in [6.45, 7) is 0. The summed E-state index contributed by atoms with van der Waals surface area (Å²) in [5.41, 5.74) is 6.83. The van der Waals surface area contributed by atoms with Crippen LogP contribution in [0.1, 0.15) is 17.2 Å². The summed E-state index contributed by atoms with van der Waals surface area (Å²) in [6, 6.07) is 8.55. The zero-order valence-electron chi connectivity index (χ0n) is 10.4. The van der Waals surface area contributed by atoms with E-state index in [0.717, 1.165) is 17.7 Å². The molecule has 0 fully saturated rings. The SMILES string of the molecule is NC(c1ccc(F)c(F)c1F)C1Cc2ccccc2O1. The molecule has 1 aliphatic rings. The Morgan fingerprint density at radius 3 is 2.55 bits per heavy atom. The van der Waals surface area contributed by atoms with E-state index in [1.54, 1.807) is 6.07 Å². The zero-order chi connectivity index (χ0) is 14.3. The second-order valence-corrected chi connectivity index (χ2v) is 4.76. The molecule has 104 valence electrons. The number of benzene rings is 2. The first kappa shape index (κ1) is 13.0. The van der Waals surface area contributed by atoms with Gasteiger partial charge in [0.15, 0.2) is 17.5 Å². The molecule has 1 aliphatic heterocycles. The van der Waals surface area contributed by atoms with Crippen LogP contribution in [-0.4, -0.2) is 6.10 Å². The third-order valence-corrected chi connectivity index (χ3v) is 3.50. The highest BCUT2D eigenvalue weighted by atomic mass is 19.2. The Kier molecular flexibility index (Phi) is 3.14. The van der Waals surface area contributed by atoms with E-state index in [1.165, 1.54) is 0 Å². The van der Waals surface area contributed by atoms with Crippen LogP contribution in [0, 0.1) is 17.5 Å². The first-order chi connectivity index (χ1) is 9.58. The standard InChI is InChI=1S/C15H12F3NO/c16-10-6-5-9(13(17)14(10)18)15(19)12-7-8-3-1-2-4-11(8)20-12/h1-6,12,15H,7,19H2. The molecule has 0 aliphatic carbocycles. The van der Waals surface area contributed by atoms with Gasteiger partial charge in [0.1, 0.15) is 11.9 Å². The third kappa shape index (κ3) is 2.04. The maximum absolute atomic E-state index is 13.7. The van der Waals surface area contributed by atoms with Gasteiger partial charge in [-0.15, -0.1) is 0 Å². The number of hydrogen-bond donors (Lipinski definition) is 1. The Bertz CT molecular complexity index is 635. The van der Waals surface area contributed by atoms with E-state index in [0.29, 0.717) is 12.2 Å². The molecule has 2 unspecified atom stereocenters. The summed E-state index contributed by atoms with van der Waals surface area (Å²) in [6.07, 6.45) is 0.0160. The van der Waals surface area contributed by atoms with Crippen LogP contribution in [0.15, 0.2) is 36.4 Å². The van der Waals surface area contributed by atoms with Crippen molar-refractivity contribution in [1.29, 1.82) is 0 Å². The summed E-state index contributed by atoms with van der Waals surface area (Å²) < 4.78 is 45.6. The predicted molar refractivity (Wildman–Crippen MR) is 67.8 cm³/mol. The maximum atomic E-state index is 13.7. The smallest absolute Gasteiger partial charge is 0.194 e. The lowest BCUT2D eigenvalue weighted by Gasteiger charge is -2.20. The number of ether oxygens (including phenoxy) is 1. The van der Waals surface area contributed by atoms with E-state index < -0.39 is 29.6 Å². The van der Waals surface area contributed by atoms with Crippen LogP contribution in [0.2, 0.25) is 0 Å². The molecule has 0 aromatic heterocycles. The van der Waals surface area contributed by atoms with Crippen molar-refractivity contribution in [2.75, 3.05) is 0 Å². The molecule has 0 saturated carbocycles. The van der Waals surface area contributed by atoms with Crippen molar-refractivity contribution in [3.63, 3.8) is 0 Å². The fourth-order valence-corrected chi connectivity index (χ4v) is 2.41. The molecule has 2 aromatic carbocycles. The molecule has 0 radical (unpaired) electrons. The minimum atomic E-state index is -1.51. The van der Waals surface area contributed by atoms with Crippen LogP contribution in [0.5, 0.6) is 5.75 Å². The Morgan fingerprint density at radius 1 is 1.05 bits per heavy atom. The summed E-state index contributed by atoms with van der Waals surface area (Å²) >= 11 is 0. The highest BCUT2D eigenvalue weighted by Crippen LogP contribution is 2.34. The first-order valence-electron chi connectivity index (χ1n) is 6.21. The molecule has 5 heteroatoms. The van der Waals surface area contributed by atoms with Gasteiger partial charge in [-0.3, -0.25) is 0 Å². The van der Waals surface area contributed by atoms with Gasteiger partial charge in [-0.05, 0) is 17.7 Å². The van der Waals surface area contributed by atoms with Gasteiger partial charge in [0.05, 0.1) is 6.04 Å². The van der Waals surface area contributed by atoms with Gasteiger partial charge in [-0.1, -0.05) is 24.3 Å². The van der Waals surface area contributed by atoms with Crippen LogP contribution in [0.25, 0.3) is 0 Å². The highest BCUT2D eigenvalue weighted by molar-refractivity contribution is 5.38. The number of halogens is 3. The fraction of sp³-hybridized carbons (Fsp3) is 0.200. The van der Waals surface area contributed by atoms with Crippen molar-refractivity contribution in [2.24, 2.45) is 5.73 Å². The lowest BCUT2D eigenvalue weighted by Crippen LogP contribution is -2.31. The largest absolute Gasteiger partial charge is 0.488 e. The van der Waals surface area contributed by atoms with E-state index in [4.69, 9.17) is 10.5 Å². The van der Waals surface area contributed by atoms with Gasteiger partial charge in [0.25, 0.3) is 0 Å². The van der Waals surface area contributed by atoms with Gasteiger partial charge < -0.3 is 10.5 Å². The van der Waals surface area contributed by atoms with E-state index >= 15 is 0 Å². The molecule has 3 rings (SSSR count). The Hall–Kier alpha value is -2.01. The minimum absolute atomic E-state index is 0.0818. The molecule has 0 amide bonds. The third-order valence-electron chi connectivity index (χ3n) is 3.50. The molecule has 2 nitrogen and oxygen atoms in total. The van der Waals surface area contributed by atoms with Crippen molar-refractivity contribution < 1.29 is 17.9 Å². The van der Waals surface area contributed by atoms with Gasteiger partial charge in [0.2, 0.25) is 0 Å². The maximum Gasteiger partial charge on any atom is 0.194 e. The normalized spacial score (nSPS) is 18.5. The molecule has 2 aromatic rings. The van der Waals surface area contributed by atoms with Crippen LogP contribution in [0.4, 0.5) is 13.2 Å². The number of rotatable bonds is 2. The summed E-state index contributed by atoms with van der Waals surface area (Å²) in [5.74, 6) is -3.30. The number of fused-ring (bicyclic) bond motifs is 1. The average Bonchev–Trinajstić information content (AvgIpc) is 2.88. The average molecular weight is 279 g/mol. The predicted octanol–water partition coefficient (Wildman–Crippen LogP) is 3.11. The molecule has 20 heavy (non-hydrogen) atoms. The van der Waals surface area contributed by atoms with Crippen molar-refractivity contribution in [3.05, 3.63) is 65.0 Å². The van der Waals surface area contributed by atoms with E-state index in [9.17, 15) is 13.2 Å². The molecular formula is C15H12F3NO. The molecular weight excluding hydrogens is 267 g/mol. The topological polar surface area (TPSA) is 35.2 Å². The Labute approximate surface area is 114 Å². The van der Waals surface area contributed by atoms with Gasteiger partial charge >= 0.3 is 0 Å². The molecule has 2 atom stereocenters. The van der Waals surface area contributed by atoms with Crippen LogP contribution >= 0.6 is 0 Å². The van der Waals surface area contributed by atoms with Crippen LogP contribution < -0.4 is 10.5 Å². The first-order valence-corrected chi connectivity index (χ1v) is 6.21. The highest BCUT2D eigenvalue weighted by Gasteiger charge is 2.31. The number of nitrogens with two attached hydrogens (primary N) is 1. The van der Waals surface area contributed by atoms with Gasteiger partial charge in [-0.2, -0.15) is 0 Å². The van der Waals surface area contributed by atoms with Gasteiger partial charge in [0, 0.05) is 12.0 Å². The fourth-order valence-electron chi connectivity index (χ4n) is 2.41. The lowest BCUT2D eigenvalue weighted by molar-refractivity contribution is 0.196. The van der Waals surface area contributed by atoms with E-state index in [-0.39, 0.29) is 5.56 Å². The van der Waals surface area contributed by atoms with Crippen LogP contribution in [-0.2, 0) is 6.42 Å². The Balaban J connectivity index is 1.88. The van der Waals surface area contributed by atoms with Crippen molar-refractivity contribution in [1.82, 2.24) is 0 Å². The summed E-state index contributed by atoms with van der Waals surface area (Å²) in [4.78, 5) is 0. The van der Waals surface area contributed by atoms with Crippen molar-refractivity contribution >= 4 is 0 Å². The Morgan fingerprint density at radius 2 is 1.80 bits per heavy atom. The summed E-state index contributed by atoms with van der Waals surface area (Å²) in [7, 11) is 0. The number of hydrogen-bond acceptors (Lipinski definition) is 2.